The summed E-state index contributed by atoms with van der Waals surface area (Å²) in [5.74, 6) is 0. The Balaban J connectivity index is 2.21. The number of phosphoric acid groups is 3. The summed E-state index contributed by atoms with van der Waals surface area (Å²) in [6.45, 7) is 0.206. The molecule has 1 fully saturated rings. The van der Waals surface area contributed by atoms with E-state index in [1.165, 1.54) is 6.92 Å². The molecule has 1 aromatic heterocycles. The zero-order chi connectivity index (χ0) is 23.8. The number of rotatable bonds is 9. The van der Waals surface area contributed by atoms with Gasteiger partial charge in [-0.3, -0.25) is 18.9 Å². The van der Waals surface area contributed by atoms with Gasteiger partial charge in [-0.2, -0.15) is 8.62 Å². The van der Waals surface area contributed by atoms with Crippen molar-refractivity contribution in [2.24, 2.45) is 0 Å². The van der Waals surface area contributed by atoms with Crippen LogP contribution in [0.5, 0.6) is 0 Å². The standard InChI is InChI=1S/C11H18FN2O14P3/c1-2-11(5-25-30(21,22)28-31(23,24)27-29(18,19)20)8(16)7(12)9(26-11)14-4-3-6(15)13-10(14)17/h3-4,7-9,16H,2,5H2,1H3,(H,21,22)(H,23,24)(H,13,15,17)(H2,18,19,20). The van der Waals surface area contributed by atoms with Gasteiger partial charge in [0.1, 0.15) is 11.7 Å². The Morgan fingerprint density at radius 3 is 2.32 bits per heavy atom. The summed E-state index contributed by atoms with van der Waals surface area (Å²) in [5.41, 5.74) is -3.94. The third-order valence-corrected chi connectivity index (χ3v) is 7.86. The number of aromatic nitrogens is 2. The van der Waals surface area contributed by atoms with Crippen molar-refractivity contribution in [3.63, 3.8) is 0 Å². The van der Waals surface area contributed by atoms with E-state index in [1.807, 2.05) is 4.98 Å². The van der Waals surface area contributed by atoms with Crippen LogP contribution in [-0.2, 0) is 31.6 Å². The maximum Gasteiger partial charge on any atom is 0.490 e. The lowest BCUT2D eigenvalue weighted by molar-refractivity contribution is -0.128. The summed E-state index contributed by atoms with van der Waals surface area (Å²) < 4.78 is 66.0. The topological polar surface area (TPSA) is 244 Å². The summed E-state index contributed by atoms with van der Waals surface area (Å²) in [5, 5.41) is 10.3. The minimum Gasteiger partial charge on any atom is -0.387 e. The summed E-state index contributed by atoms with van der Waals surface area (Å²) in [7, 11) is -17.0. The first kappa shape index (κ1) is 26.2. The quantitative estimate of drug-likeness (QED) is 0.222. The molecule has 2 heterocycles. The average molecular weight is 514 g/mol. The van der Waals surface area contributed by atoms with Gasteiger partial charge < -0.3 is 29.4 Å². The lowest BCUT2D eigenvalue weighted by Crippen LogP contribution is -2.45. The molecule has 0 amide bonds. The molecule has 1 aliphatic heterocycles. The van der Waals surface area contributed by atoms with Crippen molar-refractivity contribution in [3.05, 3.63) is 33.1 Å². The third kappa shape index (κ3) is 6.48. The molecule has 16 nitrogen and oxygen atoms in total. The maximum atomic E-state index is 14.7. The van der Waals surface area contributed by atoms with Gasteiger partial charge in [0.25, 0.3) is 5.56 Å². The van der Waals surface area contributed by atoms with Crippen LogP contribution >= 0.6 is 23.5 Å². The zero-order valence-electron chi connectivity index (χ0n) is 15.4. The Kier molecular flexibility index (Phi) is 7.65. The number of H-pyrrole nitrogens is 1. The molecular weight excluding hydrogens is 496 g/mol. The number of phosphoric ester groups is 1. The number of aromatic amines is 1. The summed E-state index contributed by atoms with van der Waals surface area (Å²) in [6, 6.07) is 0.877. The molecule has 1 aliphatic rings. The highest BCUT2D eigenvalue weighted by molar-refractivity contribution is 7.66. The van der Waals surface area contributed by atoms with E-state index in [-0.39, 0.29) is 6.42 Å². The van der Waals surface area contributed by atoms with Crippen LogP contribution in [0.2, 0.25) is 0 Å². The third-order valence-electron chi connectivity index (χ3n) is 4.08. The van der Waals surface area contributed by atoms with Crippen LogP contribution in [0.1, 0.15) is 19.6 Å². The molecule has 6 atom stereocenters. The summed E-state index contributed by atoms with van der Waals surface area (Å²) in [6.07, 6.45) is -5.51. The second kappa shape index (κ2) is 9.06. The Labute approximate surface area is 171 Å². The van der Waals surface area contributed by atoms with Gasteiger partial charge in [0.05, 0.1) is 6.61 Å². The number of hydrogen-bond acceptors (Lipinski definition) is 10. The van der Waals surface area contributed by atoms with Crippen LogP contribution < -0.4 is 11.2 Å². The predicted molar refractivity (Wildman–Crippen MR) is 95.2 cm³/mol. The highest BCUT2D eigenvalue weighted by Gasteiger charge is 2.56. The fourth-order valence-electron chi connectivity index (χ4n) is 2.67. The van der Waals surface area contributed by atoms with E-state index in [2.05, 4.69) is 13.1 Å². The fourth-order valence-corrected chi connectivity index (χ4v) is 5.74. The number of alkyl halides is 1. The minimum absolute atomic E-state index is 0.279. The van der Waals surface area contributed by atoms with Gasteiger partial charge in [0.2, 0.25) is 0 Å². The number of nitrogens with zero attached hydrogens (tertiary/aromatic N) is 1. The Morgan fingerprint density at radius 1 is 1.19 bits per heavy atom. The van der Waals surface area contributed by atoms with Crippen molar-refractivity contribution in [2.45, 2.75) is 37.4 Å². The molecule has 0 bridgehead atoms. The van der Waals surface area contributed by atoms with Gasteiger partial charge in [-0.25, -0.2) is 22.9 Å². The SMILES string of the molecule is CCC1(COP(=O)(O)OP(=O)(O)OP(=O)(O)O)OC(n2ccc(=O)[nH]c2=O)C(F)C1O. The van der Waals surface area contributed by atoms with Crippen LogP contribution in [-0.4, -0.2) is 58.7 Å². The molecule has 0 aliphatic carbocycles. The number of aliphatic hydroxyl groups excluding tert-OH is 1. The average Bonchev–Trinajstić information content (AvgIpc) is 2.82. The van der Waals surface area contributed by atoms with E-state index in [0.29, 0.717) is 4.57 Å². The largest absolute Gasteiger partial charge is 0.490 e. The molecule has 6 N–H and O–H groups in total. The first-order valence-corrected chi connectivity index (χ1v) is 12.6. The van der Waals surface area contributed by atoms with E-state index >= 15 is 0 Å². The number of hydrogen-bond donors (Lipinski definition) is 6. The van der Waals surface area contributed by atoms with Crippen molar-refractivity contribution < 1.29 is 60.6 Å². The first-order valence-electron chi connectivity index (χ1n) is 8.11. The number of nitrogens with one attached hydrogen (secondary N) is 1. The molecule has 20 heteroatoms. The van der Waals surface area contributed by atoms with Gasteiger partial charge in [-0.1, -0.05) is 6.92 Å². The molecule has 0 aromatic carbocycles. The molecule has 6 unspecified atom stereocenters. The molecular formula is C11H18FN2O14P3. The van der Waals surface area contributed by atoms with Gasteiger partial charge in [0, 0.05) is 12.3 Å². The van der Waals surface area contributed by atoms with Crippen LogP contribution in [0, 0.1) is 0 Å². The normalized spacial score (nSPS) is 30.6. The van der Waals surface area contributed by atoms with E-state index < -0.39 is 65.4 Å². The van der Waals surface area contributed by atoms with E-state index in [4.69, 9.17) is 19.4 Å². The number of ether oxygens (including phenoxy) is 1. The molecule has 1 aromatic rings. The lowest BCUT2D eigenvalue weighted by Gasteiger charge is -2.30. The van der Waals surface area contributed by atoms with Crippen LogP contribution in [0.4, 0.5) is 4.39 Å². The highest BCUT2D eigenvalue weighted by Crippen LogP contribution is 2.66. The smallest absolute Gasteiger partial charge is 0.387 e. The molecule has 1 saturated heterocycles. The Hall–Kier alpha value is -1.06. The molecule has 0 radical (unpaired) electrons. The summed E-state index contributed by atoms with van der Waals surface area (Å²) in [4.78, 5) is 60.5. The van der Waals surface area contributed by atoms with E-state index in [1.54, 1.807) is 0 Å². The molecule has 0 spiro atoms. The van der Waals surface area contributed by atoms with Gasteiger partial charge in [-0.05, 0) is 6.42 Å². The zero-order valence-corrected chi connectivity index (χ0v) is 18.1. The van der Waals surface area contributed by atoms with Gasteiger partial charge in [-0.15, -0.1) is 0 Å². The van der Waals surface area contributed by atoms with Crippen molar-refractivity contribution in [1.82, 2.24) is 9.55 Å². The first-order chi connectivity index (χ1) is 14.0. The van der Waals surface area contributed by atoms with Gasteiger partial charge >= 0.3 is 29.2 Å². The van der Waals surface area contributed by atoms with Crippen LogP contribution in [0.3, 0.4) is 0 Å². The molecule has 2 rings (SSSR count). The maximum absolute atomic E-state index is 14.7. The van der Waals surface area contributed by atoms with Gasteiger partial charge in [0.15, 0.2) is 12.4 Å². The predicted octanol–water partition coefficient (Wildman–Crippen LogP) is -0.744. The fraction of sp³-hybridized carbons (Fsp3) is 0.636. The van der Waals surface area contributed by atoms with E-state index in [0.717, 1.165) is 12.3 Å². The number of aliphatic hydroxyl groups is 1. The van der Waals surface area contributed by atoms with Crippen molar-refractivity contribution in [3.8, 4) is 0 Å². The lowest BCUT2D eigenvalue weighted by atomic mass is 9.94. The van der Waals surface area contributed by atoms with Crippen molar-refractivity contribution in [2.75, 3.05) is 6.61 Å². The van der Waals surface area contributed by atoms with E-state index in [9.17, 15) is 37.7 Å². The highest BCUT2D eigenvalue weighted by atomic mass is 31.3. The monoisotopic (exact) mass is 514 g/mol. The molecule has 0 saturated carbocycles. The second-order valence-electron chi connectivity index (χ2n) is 6.20. The van der Waals surface area contributed by atoms with Crippen molar-refractivity contribution in [1.29, 1.82) is 0 Å². The summed E-state index contributed by atoms with van der Waals surface area (Å²) >= 11 is 0. The molecule has 31 heavy (non-hydrogen) atoms. The number of halogens is 1. The van der Waals surface area contributed by atoms with Crippen LogP contribution in [0.25, 0.3) is 0 Å². The van der Waals surface area contributed by atoms with Crippen LogP contribution in [0.15, 0.2) is 21.9 Å². The second-order valence-corrected chi connectivity index (χ2v) is 10.6. The minimum atomic E-state index is -5.78. The van der Waals surface area contributed by atoms with Crippen molar-refractivity contribution >= 4 is 23.5 Å². The Morgan fingerprint density at radius 2 is 1.81 bits per heavy atom. The molecule has 178 valence electrons. The Bertz CT molecular complexity index is 1070.